The van der Waals surface area contributed by atoms with Gasteiger partial charge < -0.3 is 16.0 Å². The average Bonchev–Trinajstić information content (AvgIpc) is 2.70. The van der Waals surface area contributed by atoms with E-state index < -0.39 is 0 Å². The predicted molar refractivity (Wildman–Crippen MR) is 59.7 cm³/mol. The lowest BCUT2D eigenvalue weighted by atomic mass is 9.90. The lowest BCUT2D eigenvalue weighted by molar-refractivity contribution is -0.124. The van der Waals surface area contributed by atoms with Gasteiger partial charge in [-0.25, -0.2) is 0 Å². The number of carbonyl (C=O) groups is 1. The molecule has 1 atom stereocenters. The number of hydrogen-bond acceptors (Lipinski definition) is 3. The Kier molecular flexibility index (Phi) is 3.26. The van der Waals surface area contributed by atoms with Crippen LogP contribution in [0.5, 0.6) is 0 Å². The highest BCUT2D eigenvalue weighted by molar-refractivity contribution is 5.82. The molecular weight excluding hydrogens is 190 g/mol. The number of amides is 1. The first kappa shape index (κ1) is 10.9. The fourth-order valence-electron chi connectivity index (χ4n) is 2.40. The van der Waals surface area contributed by atoms with Crippen LogP contribution in [-0.2, 0) is 4.79 Å². The molecule has 0 aromatic carbocycles. The first-order chi connectivity index (χ1) is 7.20. The number of nitrogens with one attached hydrogen (secondary N) is 3. The molecule has 3 N–H and O–H groups in total. The van der Waals surface area contributed by atoms with E-state index in [9.17, 15) is 4.79 Å². The van der Waals surface area contributed by atoms with Crippen LogP contribution in [0.2, 0.25) is 0 Å². The van der Waals surface area contributed by atoms with E-state index in [4.69, 9.17) is 0 Å². The van der Waals surface area contributed by atoms with E-state index >= 15 is 0 Å². The topological polar surface area (TPSA) is 53.2 Å². The molecule has 2 aliphatic heterocycles. The first-order valence-corrected chi connectivity index (χ1v) is 5.96. The highest BCUT2D eigenvalue weighted by atomic mass is 16.2. The summed E-state index contributed by atoms with van der Waals surface area (Å²) in [5, 5.41) is 9.75. The maximum absolute atomic E-state index is 11.9. The van der Waals surface area contributed by atoms with Gasteiger partial charge in [-0.15, -0.1) is 0 Å². The summed E-state index contributed by atoms with van der Waals surface area (Å²) >= 11 is 0. The molecule has 1 amide bonds. The van der Waals surface area contributed by atoms with Crippen LogP contribution in [0.15, 0.2) is 0 Å². The number of rotatable bonds is 2. The average molecular weight is 211 g/mol. The van der Waals surface area contributed by atoms with Crippen LogP contribution in [0.4, 0.5) is 0 Å². The second-order valence-electron chi connectivity index (χ2n) is 4.95. The molecule has 2 heterocycles. The second kappa shape index (κ2) is 4.49. The van der Waals surface area contributed by atoms with Gasteiger partial charge in [0.05, 0.1) is 6.04 Å². The molecule has 0 radical (unpaired) electrons. The molecule has 1 unspecified atom stereocenters. The van der Waals surface area contributed by atoms with Crippen molar-refractivity contribution in [3.05, 3.63) is 0 Å². The largest absolute Gasteiger partial charge is 0.349 e. The third-order valence-electron chi connectivity index (χ3n) is 3.51. The maximum Gasteiger partial charge on any atom is 0.237 e. The van der Waals surface area contributed by atoms with Gasteiger partial charge in [0.15, 0.2) is 0 Å². The van der Waals surface area contributed by atoms with E-state index in [2.05, 4.69) is 22.9 Å². The Balaban J connectivity index is 1.86. The van der Waals surface area contributed by atoms with Gasteiger partial charge in [-0.05, 0) is 52.2 Å². The van der Waals surface area contributed by atoms with Crippen molar-refractivity contribution in [1.29, 1.82) is 0 Å². The van der Waals surface area contributed by atoms with E-state index in [1.165, 1.54) is 0 Å². The second-order valence-corrected chi connectivity index (χ2v) is 4.95. The molecule has 2 aliphatic rings. The van der Waals surface area contributed by atoms with Crippen LogP contribution >= 0.6 is 0 Å². The van der Waals surface area contributed by atoms with E-state index in [-0.39, 0.29) is 17.5 Å². The molecule has 0 saturated carbocycles. The molecule has 0 spiro atoms. The van der Waals surface area contributed by atoms with Crippen molar-refractivity contribution in [2.45, 2.75) is 44.2 Å². The van der Waals surface area contributed by atoms with Gasteiger partial charge in [-0.1, -0.05) is 0 Å². The molecular formula is C11H21N3O. The van der Waals surface area contributed by atoms with Crippen molar-refractivity contribution < 1.29 is 4.79 Å². The molecule has 15 heavy (non-hydrogen) atoms. The van der Waals surface area contributed by atoms with Crippen LogP contribution in [0.1, 0.15) is 32.6 Å². The summed E-state index contributed by atoms with van der Waals surface area (Å²) in [6.45, 7) is 5.15. The number of carbonyl (C=O) groups excluding carboxylic acids is 1. The lowest BCUT2D eigenvalue weighted by Crippen LogP contribution is -2.56. The minimum absolute atomic E-state index is 0.00655. The van der Waals surface area contributed by atoms with Crippen LogP contribution < -0.4 is 16.0 Å². The van der Waals surface area contributed by atoms with Gasteiger partial charge in [-0.2, -0.15) is 0 Å². The Morgan fingerprint density at radius 3 is 2.67 bits per heavy atom. The van der Waals surface area contributed by atoms with Crippen molar-refractivity contribution in [2.24, 2.45) is 0 Å². The highest BCUT2D eigenvalue weighted by Crippen LogP contribution is 2.18. The molecule has 4 nitrogen and oxygen atoms in total. The minimum Gasteiger partial charge on any atom is -0.349 e. The normalized spacial score (nSPS) is 30.1. The molecule has 4 heteroatoms. The van der Waals surface area contributed by atoms with Crippen LogP contribution in [0.3, 0.4) is 0 Å². The fraction of sp³-hybridized carbons (Fsp3) is 0.909. The summed E-state index contributed by atoms with van der Waals surface area (Å²) in [6, 6.07) is 0.0525. The van der Waals surface area contributed by atoms with Gasteiger partial charge in [0.25, 0.3) is 0 Å². The summed E-state index contributed by atoms with van der Waals surface area (Å²) in [5.74, 6) is 0.192. The Bertz CT molecular complexity index is 230. The van der Waals surface area contributed by atoms with E-state index in [0.717, 1.165) is 45.3 Å². The molecule has 2 saturated heterocycles. The van der Waals surface area contributed by atoms with E-state index in [0.29, 0.717) is 0 Å². The molecule has 0 aliphatic carbocycles. The molecule has 2 fully saturated rings. The SMILES string of the molecule is CC1(NC(=O)C2CCCN2)CCNCC1. The molecule has 0 aromatic rings. The summed E-state index contributed by atoms with van der Waals surface area (Å²) in [7, 11) is 0. The van der Waals surface area contributed by atoms with Gasteiger partial charge in [0.1, 0.15) is 0 Å². The zero-order valence-corrected chi connectivity index (χ0v) is 9.44. The molecule has 86 valence electrons. The van der Waals surface area contributed by atoms with Gasteiger partial charge in [0, 0.05) is 5.54 Å². The number of hydrogen-bond donors (Lipinski definition) is 3. The van der Waals surface area contributed by atoms with E-state index in [1.54, 1.807) is 0 Å². The lowest BCUT2D eigenvalue weighted by Gasteiger charge is -2.35. The maximum atomic E-state index is 11.9. The van der Waals surface area contributed by atoms with Crippen molar-refractivity contribution >= 4 is 5.91 Å². The Hall–Kier alpha value is -0.610. The van der Waals surface area contributed by atoms with Crippen molar-refractivity contribution in [3.63, 3.8) is 0 Å². The smallest absolute Gasteiger partial charge is 0.237 e. The predicted octanol–water partition coefficient (Wildman–Crippen LogP) is -0.00330. The Morgan fingerprint density at radius 2 is 2.07 bits per heavy atom. The highest BCUT2D eigenvalue weighted by Gasteiger charge is 2.31. The van der Waals surface area contributed by atoms with E-state index in [1.807, 2.05) is 0 Å². The third-order valence-corrected chi connectivity index (χ3v) is 3.51. The summed E-state index contributed by atoms with van der Waals surface area (Å²) < 4.78 is 0. The van der Waals surface area contributed by atoms with Gasteiger partial charge in [0.2, 0.25) is 5.91 Å². The molecule has 0 bridgehead atoms. The Morgan fingerprint density at radius 1 is 1.33 bits per heavy atom. The van der Waals surface area contributed by atoms with Gasteiger partial charge in [-0.3, -0.25) is 4.79 Å². The van der Waals surface area contributed by atoms with Crippen molar-refractivity contribution in [3.8, 4) is 0 Å². The fourth-order valence-corrected chi connectivity index (χ4v) is 2.40. The zero-order chi connectivity index (χ0) is 10.7. The summed E-state index contributed by atoms with van der Waals surface area (Å²) in [6.07, 6.45) is 4.17. The van der Waals surface area contributed by atoms with Gasteiger partial charge >= 0.3 is 0 Å². The summed E-state index contributed by atoms with van der Waals surface area (Å²) in [5.41, 5.74) is 0.00655. The number of piperidine rings is 1. The van der Waals surface area contributed by atoms with Crippen molar-refractivity contribution in [1.82, 2.24) is 16.0 Å². The molecule has 0 aromatic heterocycles. The minimum atomic E-state index is 0.00655. The quantitative estimate of drug-likeness (QED) is 0.602. The zero-order valence-electron chi connectivity index (χ0n) is 9.44. The standard InChI is InChI=1S/C11H21N3O/c1-11(4-7-12-8-5-11)14-10(15)9-3-2-6-13-9/h9,12-13H,2-8H2,1H3,(H,14,15). The monoisotopic (exact) mass is 211 g/mol. The first-order valence-electron chi connectivity index (χ1n) is 5.96. The van der Waals surface area contributed by atoms with Crippen molar-refractivity contribution in [2.75, 3.05) is 19.6 Å². The Labute approximate surface area is 91.2 Å². The van der Waals surface area contributed by atoms with Crippen LogP contribution in [0.25, 0.3) is 0 Å². The van der Waals surface area contributed by atoms with Crippen LogP contribution in [0, 0.1) is 0 Å². The summed E-state index contributed by atoms with van der Waals surface area (Å²) in [4.78, 5) is 11.9. The van der Waals surface area contributed by atoms with Crippen LogP contribution in [-0.4, -0.2) is 37.1 Å². The third kappa shape index (κ3) is 2.69. The molecule has 2 rings (SSSR count).